The van der Waals surface area contributed by atoms with Crippen molar-refractivity contribution in [1.29, 1.82) is 0 Å². The molecule has 7 nitrogen and oxygen atoms in total. The molecule has 1 fully saturated rings. The van der Waals surface area contributed by atoms with Crippen molar-refractivity contribution in [2.75, 3.05) is 11.4 Å². The van der Waals surface area contributed by atoms with E-state index in [9.17, 15) is 5.11 Å². The van der Waals surface area contributed by atoms with Gasteiger partial charge in [0, 0.05) is 24.9 Å². The fourth-order valence-corrected chi connectivity index (χ4v) is 3.51. The molecule has 1 atom stereocenters. The highest BCUT2D eigenvalue weighted by molar-refractivity contribution is 5.54. The normalized spacial score (nSPS) is 16.9. The van der Waals surface area contributed by atoms with Crippen LogP contribution in [0.3, 0.4) is 0 Å². The van der Waals surface area contributed by atoms with E-state index >= 15 is 0 Å². The van der Waals surface area contributed by atoms with Crippen LogP contribution in [0.15, 0.2) is 53.2 Å². The summed E-state index contributed by atoms with van der Waals surface area (Å²) in [4.78, 5) is 15.3. The Morgan fingerprint density at radius 1 is 1.25 bits per heavy atom. The number of rotatable bonds is 6. The zero-order valence-corrected chi connectivity index (χ0v) is 15.8. The molecule has 1 saturated heterocycles. The standard InChI is InChI=1S/C21H23N5O2/c1-2-3-4-8-15-13-20(27)24-21(23-15)26-12-7-10-18(26)19-14-17(25-28-19)16-9-5-6-11-22-16/h2-3,5-6,9,11,13-14,18H,4,7-8,10,12H2,1H3,(H,23,24,27). The van der Waals surface area contributed by atoms with Crippen LogP contribution in [0.1, 0.15) is 43.7 Å². The lowest BCUT2D eigenvalue weighted by Crippen LogP contribution is -2.24. The molecule has 7 heteroatoms. The van der Waals surface area contributed by atoms with Crippen molar-refractivity contribution in [3.8, 4) is 17.3 Å². The van der Waals surface area contributed by atoms with Gasteiger partial charge >= 0.3 is 0 Å². The van der Waals surface area contributed by atoms with Crippen molar-refractivity contribution in [3.05, 3.63) is 60.1 Å². The van der Waals surface area contributed by atoms with Crippen molar-refractivity contribution in [2.45, 2.75) is 38.6 Å². The quantitative estimate of drug-likeness (QED) is 0.647. The second-order valence-electron chi connectivity index (χ2n) is 6.81. The van der Waals surface area contributed by atoms with Gasteiger partial charge in [0.05, 0.1) is 17.4 Å². The first-order valence-electron chi connectivity index (χ1n) is 9.57. The fourth-order valence-electron chi connectivity index (χ4n) is 3.51. The first-order chi connectivity index (χ1) is 13.7. The van der Waals surface area contributed by atoms with E-state index in [1.165, 1.54) is 0 Å². The molecular formula is C21H23N5O2. The molecule has 1 N–H and O–H groups in total. The number of hydrogen-bond acceptors (Lipinski definition) is 7. The first kappa shape index (κ1) is 18.2. The van der Waals surface area contributed by atoms with E-state index in [1.807, 2.05) is 37.3 Å². The van der Waals surface area contributed by atoms with Crippen LogP contribution in [0.5, 0.6) is 5.88 Å². The van der Waals surface area contributed by atoms with E-state index in [-0.39, 0.29) is 11.9 Å². The van der Waals surface area contributed by atoms with Gasteiger partial charge in [-0.3, -0.25) is 4.98 Å². The molecular weight excluding hydrogens is 354 g/mol. The highest BCUT2D eigenvalue weighted by Gasteiger charge is 2.32. The summed E-state index contributed by atoms with van der Waals surface area (Å²) in [5.74, 6) is 1.30. The molecule has 0 amide bonds. The summed E-state index contributed by atoms with van der Waals surface area (Å²) >= 11 is 0. The Morgan fingerprint density at radius 3 is 3.00 bits per heavy atom. The molecule has 4 heterocycles. The van der Waals surface area contributed by atoms with Crippen molar-refractivity contribution >= 4 is 5.95 Å². The monoisotopic (exact) mass is 377 g/mol. The van der Waals surface area contributed by atoms with Crippen LogP contribution < -0.4 is 4.90 Å². The Labute approximate surface area is 163 Å². The SMILES string of the molecule is CC=CCCc1cc(O)nc(N2CCCC2c2cc(-c3ccccn3)no2)n1. The second-order valence-corrected chi connectivity index (χ2v) is 6.81. The zero-order chi connectivity index (χ0) is 19.3. The third-order valence-corrected chi connectivity index (χ3v) is 4.85. The summed E-state index contributed by atoms with van der Waals surface area (Å²) in [6.45, 7) is 2.80. The molecule has 0 aliphatic carbocycles. The molecule has 0 spiro atoms. The van der Waals surface area contributed by atoms with Gasteiger partial charge in [0.1, 0.15) is 5.69 Å². The Hall–Kier alpha value is -3.22. The Morgan fingerprint density at radius 2 is 2.18 bits per heavy atom. The highest BCUT2D eigenvalue weighted by Crippen LogP contribution is 2.36. The van der Waals surface area contributed by atoms with E-state index < -0.39 is 0 Å². The minimum Gasteiger partial charge on any atom is -0.493 e. The zero-order valence-electron chi connectivity index (χ0n) is 15.8. The van der Waals surface area contributed by atoms with Gasteiger partial charge in [-0.25, -0.2) is 4.98 Å². The van der Waals surface area contributed by atoms with Crippen molar-refractivity contribution in [2.24, 2.45) is 0 Å². The molecule has 0 saturated carbocycles. The lowest BCUT2D eigenvalue weighted by molar-refractivity contribution is 0.361. The molecule has 4 rings (SSSR count). The number of nitrogens with zero attached hydrogens (tertiary/aromatic N) is 5. The summed E-state index contributed by atoms with van der Waals surface area (Å²) in [6.07, 6.45) is 9.40. The lowest BCUT2D eigenvalue weighted by atomic mass is 10.1. The molecule has 144 valence electrons. The van der Waals surface area contributed by atoms with E-state index in [0.717, 1.165) is 49.4 Å². The number of aromatic nitrogens is 4. The van der Waals surface area contributed by atoms with E-state index in [4.69, 9.17) is 4.52 Å². The summed E-state index contributed by atoms with van der Waals surface area (Å²) in [6, 6.07) is 9.26. The van der Waals surface area contributed by atoms with Gasteiger partial charge in [-0.1, -0.05) is 23.4 Å². The van der Waals surface area contributed by atoms with Crippen molar-refractivity contribution in [3.63, 3.8) is 0 Å². The average Bonchev–Trinajstić information content (AvgIpc) is 3.38. The van der Waals surface area contributed by atoms with Gasteiger partial charge in [0.25, 0.3) is 0 Å². The molecule has 3 aromatic heterocycles. The van der Waals surface area contributed by atoms with Crippen molar-refractivity contribution in [1.82, 2.24) is 20.1 Å². The number of hydrogen-bond donors (Lipinski definition) is 1. The van der Waals surface area contributed by atoms with Crippen molar-refractivity contribution < 1.29 is 9.63 Å². The maximum atomic E-state index is 10.1. The topological polar surface area (TPSA) is 88.2 Å². The lowest BCUT2D eigenvalue weighted by Gasteiger charge is -2.23. The van der Waals surface area contributed by atoms with E-state index in [2.05, 4.69) is 31.1 Å². The second kappa shape index (κ2) is 8.21. The number of pyridine rings is 1. The van der Waals surface area contributed by atoms with E-state index in [1.54, 1.807) is 12.3 Å². The molecule has 0 radical (unpaired) electrons. The van der Waals surface area contributed by atoms with Crippen LogP contribution >= 0.6 is 0 Å². The summed E-state index contributed by atoms with van der Waals surface area (Å²) in [5.41, 5.74) is 2.33. The van der Waals surface area contributed by atoms with Crippen LogP contribution in [-0.2, 0) is 6.42 Å². The van der Waals surface area contributed by atoms with Crippen LogP contribution in [-0.4, -0.2) is 31.8 Å². The number of aromatic hydroxyl groups is 1. The Balaban J connectivity index is 1.58. The molecule has 3 aromatic rings. The third kappa shape index (κ3) is 3.88. The molecule has 1 unspecified atom stereocenters. The minimum atomic E-state index is -0.00449. The van der Waals surface area contributed by atoms with Gasteiger partial charge in [-0.15, -0.1) is 0 Å². The Bertz CT molecular complexity index is 954. The van der Waals surface area contributed by atoms with Gasteiger partial charge in [0.15, 0.2) is 5.76 Å². The number of anilines is 1. The minimum absolute atomic E-state index is 0.00197. The largest absolute Gasteiger partial charge is 0.493 e. The maximum Gasteiger partial charge on any atom is 0.229 e. The molecule has 28 heavy (non-hydrogen) atoms. The summed E-state index contributed by atoms with van der Waals surface area (Å²) in [7, 11) is 0. The average molecular weight is 377 g/mol. The maximum absolute atomic E-state index is 10.1. The Kier molecular flexibility index (Phi) is 5.32. The van der Waals surface area contributed by atoms with Crippen LogP contribution in [0.2, 0.25) is 0 Å². The summed E-state index contributed by atoms with van der Waals surface area (Å²) in [5, 5.41) is 14.3. The van der Waals surface area contributed by atoms with Gasteiger partial charge in [-0.2, -0.15) is 4.98 Å². The molecule has 0 bridgehead atoms. The smallest absolute Gasteiger partial charge is 0.229 e. The number of aryl methyl sites for hydroxylation is 1. The van der Waals surface area contributed by atoms with Gasteiger partial charge in [0.2, 0.25) is 11.8 Å². The molecule has 1 aliphatic rings. The van der Waals surface area contributed by atoms with Gasteiger partial charge < -0.3 is 14.5 Å². The molecule has 1 aliphatic heterocycles. The number of allylic oxidation sites excluding steroid dienone is 2. The predicted octanol–water partition coefficient (Wildman–Crippen LogP) is 4.08. The predicted molar refractivity (Wildman–Crippen MR) is 106 cm³/mol. The first-order valence-corrected chi connectivity index (χ1v) is 9.57. The van der Waals surface area contributed by atoms with Crippen LogP contribution in [0, 0.1) is 0 Å². The summed E-state index contributed by atoms with van der Waals surface area (Å²) < 4.78 is 5.64. The van der Waals surface area contributed by atoms with Crippen LogP contribution in [0.25, 0.3) is 11.4 Å². The van der Waals surface area contributed by atoms with Crippen LogP contribution in [0.4, 0.5) is 5.95 Å². The molecule has 0 aromatic carbocycles. The fraction of sp³-hybridized carbons (Fsp3) is 0.333. The highest BCUT2D eigenvalue weighted by atomic mass is 16.5. The third-order valence-electron chi connectivity index (χ3n) is 4.85. The van der Waals surface area contributed by atoms with E-state index in [0.29, 0.717) is 11.6 Å². The van der Waals surface area contributed by atoms with Gasteiger partial charge in [-0.05, 0) is 44.7 Å².